The monoisotopic (exact) mass is 325 g/mol. The topological polar surface area (TPSA) is 49.8 Å². The molecule has 2 rings (SSSR count). The molecule has 0 aliphatic carbocycles. The molecule has 1 saturated heterocycles. The molecular formula is C17H24ClNO3. The Bertz CT molecular complexity index is 457. The number of aryl methyl sites for hydroxylation is 1. The third-order valence-corrected chi connectivity index (χ3v) is 4.38. The number of carbonyl (C=O) groups is 1. The van der Waals surface area contributed by atoms with Crippen LogP contribution in [0.5, 0.6) is 0 Å². The van der Waals surface area contributed by atoms with Gasteiger partial charge in [0.05, 0.1) is 13.2 Å². The van der Waals surface area contributed by atoms with Gasteiger partial charge >= 0.3 is 5.97 Å². The Kier molecular flexibility index (Phi) is 7.16. The van der Waals surface area contributed by atoms with Crippen LogP contribution < -0.4 is 0 Å². The third kappa shape index (κ3) is 5.59. The number of morpholine rings is 1. The summed E-state index contributed by atoms with van der Waals surface area (Å²) in [5.41, 5.74) is 1.28. The number of hydrogen-bond acceptors (Lipinski definition) is 3. The van der Waals surface area contributed by atoms with E-state index in [9.17, 15) is 9.90 Å². The summed E-state index contributed by atoms with van der Waals surface area (Å²) in [5, 5.41) is 10.2. The lowest BCUT2D eigenvalue weighted by Gasteiger charge is -2.31. The molecule has 0 saturated carbocycles. The van der Waals surface area contributed by atoms with Crippen LogP contribution in [0.15, 0.2) is 24.3 Å². The first-order chi connectivity index (χ1) is 10.7. The first-order valence-electron chi connectivity index (χ1n) is 7.96. The van der Waals surface area contributed by atoms with Gasteiger partial charge in [0.15, 0.2) is 0 Å². The molecule has 0 bridgehead atoms. The van der Waals surface area contributed by atoms with E-state index in [1.807, 2.05) is 17.0 Å². The summed E-state index contributed by atoms with van der Waals surface area (Å²) in [6.45, 7) is 2.73. The van der Waals surface area contributed by atoms with Gasteiger partial charge in [-0.1, -0.05) is 36.6 Å². The van der Waals surface area contributed by atoms with Crippen molar-refractivity contribution in [2.45, 2.75) is 38.1 Å². The molecule has 0 aromatic heterocycles. The van der Waals surface area contributed by atoms with Gasteiger partial charge in [-0.2, -0.15) is 0 Å². The van der Waals surface area contributed by atoms with Crippen molar-refractivity contribution >= 4 is 17.6 Å². The van der Waals surface area contributed by atoms with Crippen molar-refractivity contribution in [3.63, 3.8) is 0 Å². The minimum atomic E-state index is -0.709. The van der Waals surface area contributed by atoms with Crippen LogP contribution in [0.4, 0.5) is 0 Å². The molecule has 1 aromatic carbocycles. The summed E-state index contributed by atoms with van der Waals surface area (Å²) in [6, 6.07) is 7.57. The van der Waals surface area contributed by atoms with Crippen molar-refractivity contribution in [2.24, 2.45) is 0 Å². The Morgan fingerprint density at radius 1 is 1.18 bits per heavy atom. The number of carboxylic acid groups (broad SMARTS) is 1. The summed E-state index contributed by atoms with van der Waals surface area (Å²) < 4.78 is 5.29. The van der Waals surface area contributed by atoms with Gasteiger partial charge in [0.25, 0.3) is 0 Å². The molecule has 1 heterocycles. The Morgan fingerprint density at radius 2 is 1.86 bits per heavy atom. The average Bonchev–Trinajstić information content (AvgIpc) is 2.53. The van der Waals surface area contributed by atoms with Crippen LogP contribution in [0.25, 0.3) is 0 Å². The average molecular weight is 326 g/mol. The molecule has 4 nitrogen and oxygen atoms in total. The van der Waals surface area contributed by atoms with Crippen molar-refractivity contribution in [3.05, 3.63) is 34.9 Å². The van der Waals surface area contributed by atoms with Gasteiger partial charge in [-0.15, -0.1) is 0 Å². The second-order valence-electron chi connectivity index (χ2n) is 5.73. The molecule has 0 spiro atoms. The van der Waals surface area contributed by atoms with E-state index in [4.69, 9.17) is 16.3 Å². The number of nitrogens with zero attached hydrogens (tertiary/aromatic N) is 1. The second-order valence-corrected chi connectivity index (χ2v) is 6.16. The summed E-state index contributed by atoms with van der Waals surface area (Å²) in [7, 11) is 0. The Hall–Kier alpha value is -1.10. The van der Waals surface area contributed by atoms with Crippen molar-refractivity contribution in [2.75, 3.05) is 26.3 Å². The molecule has 1 aromatic rings. The van der Waals surface area contributed by atoms with Crippen LogP contribution in [0.2, 0.25) is 5.02 Å². The molecule has 0 amide bonds. The molecule has 1 unspecified atom stereocenters. The van der Waals surface area contributed by atoms with E-state index in [1.165, 1.54) is 5.56 Å². The number of rotatable bonds is 8. The van der Waals surface area contributed by atoms with Gasteiger partial charge in [-0.05, 0) is 37.0 Å². The Labute approximate surface area is 137 Å². The van der Waals surface area contributed by atoms with Crippen LogP contribution in [0.1, 0.15) is 31.2 Å². The van der Waals surface area contributed by atoms with Gasteiger partial charge in [0.2, 0.25) is 0 Å². The molecule has 22 heavy (non-hydrogen) atoms. The number of ether oxygens (including phenoxy) is 1. The lowest BCUT2D eigenvalue weighted by atomic mass is 10.0. The van der Waals surface area contributed by atoms with E-state index in [2.05, 4.69) is 12.1 Å². The zero-order chi connectivity index (χ0) is 15.8. The number of halogens is 1. The highest BCUT2D eigenvalue weighted by molar-refractivity contribution is 6.30. The number of aliphatic carboxylic acids is 1. The predicted molar refractivity (Wildman–Crippen MR) is 87.4 cm³/mol. The van der Waals surface area contributed by atoms with Crippen molar-refractivity contribution < 1.29 is 14.6 Å². The minimum Gasteiger partial charge on any atom is -0.480 e. The maximum atomic E-state index is 11.4. The number of hydrogen-bond donors (Lipinski definition) is 1. The largest absolute Gasteiger partial charge is 0.480 e. The SMILES string of the molecule is O=C(O)C(CCCCCc1ccc(Cl)cc1)N1CCOCC1. The Morgan fingerprint density at radius 3 is 2.50 bits per heavy atom. The van der Waals surface area contributed by atoms with Crippen molar-refractivity contribution in [3.8, 4) is 0 Å². The van der Waals surface area contributed by atoms with Crippen LogP contribution in [0, 0.1) is 0 Å². The summed E-state index contributed by atoms with van der Waals surface area (Å²) in [4.78, 5) is 13.5. The number of carboxylic acids is 1. The fourth-order valence-electron chi connectivity index (χ4n) is 2.85. The minimum absolute atomic E-state index is 0.362. The molecule has 1 aliphatic rings. The Balaban J connectivity index is 1.67. The van der Waals surface area contributed by atoms with Gasteiger partial charge in [-0.3, -0.25) is 9.69 Å². The third-order valence-electron chi connectivity index (χ3n) is 4.13. The van der Waals surface area contributed by atoms with Gasteiger partial charge in [-0.25, -0.2) is 0 Å². The quantitative estimate of drug-likeness (QED) is 0.746. The van der Waals surface area contributed by atoms with Crippen molar-refractivity contribution in [1.82, 2.24) is 4.90 Å². The van der Waals surface area contributed by atoms with E-state index in [-0.39, 0.29) is 6.04 Å². The van der Waals surface area contributed by atoms with Crippen LogP contribution in [0.3, 0.4) is 0 Å². The lowest BCUT2D eigenvalue weighted by molar-refractivity contribution is -0.145. The lowest BCUT2D eigenvalue weighted by Crippen LogP contribution is -2.47. The highest BCUT2D eigenvalue weighted by atomic mass is 35.5. The molecule has 1 N–H and O–H groups in total. The van der Waals surface area contributed by atoms with E-state index in [0.717, 1.165) is 50.2 Å². The summed E-state index contributed by atoms with van der Waals surface area (Å²) in [5.74, 6) is -0.709. The second kappa shape index (κ2) is 9.13. The predicted octanol–water partition coefficient (Wildman–Crippen LogP) is 3.23. The van der Waals surface area contributed by atoms with Gasteiger partial charge in [0.1, 0.15) is 6.04 Å². The molecule has 1 aliphatic heterocycles. The van der Waals surface area contributed by atoms with E-state index >= 15 is 0 Å². The maximum Gasteiger partial charge on any atom is 0.320 e. The fourth-order valence-corrected chi connectivity index (χ4v) is 2.97. The maximum absolute atomic E-state index is 11.4. The van der Waals surface area contributed by atoms with E-state index in [0.29, 0.717) is 13.2 Å². The van der Waals surface area contributed by atoms with Crippen LogP contribution in [-0.2, 0) is 16.0 Å². The highest BCUT2D eigenvalue weighted by Crippen LogP contribution is 2.15. The zero-order valence-corrected chi connectivity index (χ0v) is 13.6. The highest BCUT2D eigenvalue weighted by Gasteiger charge is 2.26. The molecule has 5 heteroatoms. The first-order valence-corrected chi connectivity index (χ1v) is 8.33. The van der Waals surface area contributed by atoms with E-state index in [1.54, 1.807) is 0 Å². The standard InChI is InChI=1S/C17H24ClNO3/c18-15-8-6-14(7-9-15)4-2-1-3-5-16(17(20)21)19-10-12-22-13-11-19/h6-9,16H,1-5,10-13H2,(H,20,21). The smallest absolute Gasteiger partial charge is 0.320 e. The fraction of sp³-hybridized carbons (Fsp3) is 0.588. The van der Waals surface area contributed by atoms with Crippen LogP contribution in [-0.4, -0.2) is 48.3 Å². The number of benzene rings is 1. The van der Waals surface area contributed by atoms with Crippen LogP contribution >= 0.6 is 11.6 Å². The molecule has 1 fully saturated rings. The first kappa shape index (κ1) is 17.3. The zero-order valence-electron chi connectivity index (χ0n) is 12.8. The van der Waals surface area contributed by atoms with E-state index < -0.39 is 5.97 Å². The summed E-state index contributed by atoms with van der Waals surface area (Å²) in [6.07, 6.45) is 4.82. The molecule has 0 radical (unpaired) electrons. The molecule has 1 atom stereocenters. The normalized spacial score (nSPS) is 17.3. The van der Waals surface area contributed by atoms with Gasteiger partial charge in [0, 0.05) is 18.1 Å². The summed E-state index contributed by atoms with van der Waals surface area (Å²) >= 11 is 5.86. The molecule has 122 valence electrons. The number of unbranched alkanes of at least 4 members (excludes halogenated alkanes) is 2. The molecular weight excluding hydrogens is 302 g/mol. The van der Waals surface area contributed by atoms with Gasteiger partial charge < -0.3 is 9.84 Å². The van der Waals surface area contributed by atoms with Crippen molar-refractivity contribution in [1.29, 1.82) is 0 Å².